The first kappa shape index (κ1) is 27.2. The van der Waals surface area contributed by atoms with Gasteiger partial charge >= 0.3 is 45.8 Å². The largest absolute Gasteiger partial charge is 1.00 e. The fraction of sp³-hybridized carbons (Fsp3) is 0.385. The van der Waals surface area contributed by atoms with E-state index in [1.165, 1.54) is 5.38 Å². The summed E-state index contributed by atoms with van der Waals surface area (Å²) in [6.07, 6.45) is 0. The van der Waals surface area contributed by atoms with Gasteiger partial charge in [-0.1, -0.05) is 5.16 Å². The molecule has 2 unspecified atom stereocenters. The van der Waals surface area contributed by atoms with Crippen LogP contribution >= 0.6 is 22.9 Å². The SMILES string of the molecule is CO/N=C(\C(=O)NC1C(=O)N(S(=O)(=O)O)C1C(=O)OC)c1csc(NC(=O)CCl)n1.[H-].[Na+]. The Hall–Kier alpha value is -1.82. The summed E-state index contributed by atoms with van der Waals surface area (Å²) in [5.74, 6) is -4.39. The van der Waals surface area contributed by atoms with E-state index in [1.54, 1.807) is 0 Å². The van der Waals surface area contributed by atoms with Crippen LogP contribution in [-0.2, 0) is 39.1 Å². The predicted octanol–water partition coefficient (Wildman–Crippen LogP) is -4.54. The second-order valence-corrected chi connectivity index (χ2v) is 7.79. The van der Waals surface area contributed by atoms with Gasteiger partial charge in [-0.15, -0.1) is 22.9 Å². The molecule has 166 valence electrons. The number of hydrogen-bond acceptors (Lipinski definition) is 11. The molecule has 2 heterocycles. The van der Waals surface area contributed by atoms with Crippen LogP contribution < -0.4 is 40.2 Å². The van der Waals surface area contributed by atoms with Crippen LogP contribution in [0.3, 0.4) is 0 Å². The number of thiazole rings is 1. The van der Waals surface area contributed by atoms with Gasteiger partial charge in [0.15, 0.2) is 16.9 Å². The maximum absolute atomic E-state index is 12.6. The van der Waals surface area contributed by atoms with Crippen molar-refractivity contribution >= 4 is 67.8 Å². The Balaban J connectivity index is 0.00000480. The zero-order chi connectivity index (χ0) is 22.6. The smallest absolute Gasteiger partial charge is 1.00 e. The number of rotatable bonds is 8. The molecule has 1 aromatic rings. The van der Waals surface area contributed by atoms with Crippen LogP contribution in [0.2, 0.25) is 0 Å². The molecule has 2 atom stereocenters. The van der Waals surface area contributed by atoms with Crippen LogP contribution in [0.1, 0.15) is 7.12 Å². The summed E-state index contributed by atoms with van der Waals surface area (Å²) < 4.78 is 36.0. The molecule has 1 saturated heterocycles. The number of nitrogens with one attached hydrogen (secondary N) is 2. The van der Waals surface area contributed by atoms with Gasteiger partial charge in [-0.05, 0) is 0 Å². The number of aromatic nitrogens is 1. The number of oxime groups is 1. The summed E-state index contributed by atoms with van der Waals surface area (Å²) in [6, 6.07) is -3.48. The fourth-order valence-corrected chi connectivity index (χ4v) is 3.92. The number of esters is 1. The van der Waals surface area contributed by atoms with Gasteiger partial charge in [0.05, 0.1) is 7.11 Å². The molecule has 0 saturated carbocycles. The third-order valence-corrected chi connectivity index (χ3v) is 5.45. The normalized spacial score (nSPS) is 18.4. The van der Waals surface area contributed by atoms with Gasteiger partial charge in [-0.3, -0.25) is 18.9 Å². The van der Waals surface area contributed by atoms with Gasteiger partial charge in [0, 0.05) is 5.38 Å². The average molecular weight is 508 g/mol. The fourth-order valence-electron chi connectivity index (χ4n) is 2.31. The van der Waals surface area contributed by atoms with Gasteiger partial charge in [0.1, 0.15) is 24.7 Å². The minimum Gasteiger partial charge on any atom is -1.00 e. The molecule has 0 aromatic carbocycles. The molecule has 1 aromatic heterocycles. The molecule has 0 bridgehead atoms. The van der Waals surface area contributed by atoms with Gasteiger partial charge in [0.2, 0.25) is 5.91 Å². The van der Waals surface area contributed by atoms with E-state index in [4.69, 9.17) is 16.2 Å². The minimum atomic E-state index is -5.07. The summed E-state index contributed by atoms with van der Waals surface area (Å²) in [7, 11) is -3.01. The summed E-state index contributed by atoms with van der Waals surface area (Å²) in [6.45, 7) is 0. The Morgan fingerprint density at radius 2 is 2.06 bits per heavy atom. The van der Waals surface area contributed by atoms with E-state index >= 15 is 0 Å². The van der Waals surface area contributed by atoms with Crippen LogP contribution in [-0.4, -0.2) is 83.8 Å². The number of alkyl halides is 1. The second kappa shape index (κ2) is 11.2. The van der Waals surface area contributed by atoms with Gasteiger partial charge in [-0.2, -0.15) is 12.7 Å². The molecule has 1 aliphatic heterocycles. The van der Waals surface area contributed by atoms with Gasteiger partial charge in [-0.25, -0.2) is 9.78 Å². The van der Waals surface area contributed by atoms with E-state index in [9.17, 15) is 27.6 Å². The van der Waals surface area contributed by atoms with Crippen molar-refractivity contribution in [3.8, 4) is 0 Å². The Kier molecular flexibility index (Phi) is 9.80. The molecule has 1 aliphatic rings. The van der Waals surface area contributed by atoms with Crippen LogP contribution in [0.4, 0.5) is 5.13 Å². The molecule has 3 amide bonds. The molecule has 14 nitrogen and oxygen atoms in total. The number of hydrogen-bond donors (Lipinski definition) is 3. The second-order valence-electron chi connectivity index (χ2n) is 5.37. The van der Waals surface area contributed by atoms with Crippen LogP contribution in [0.5, 0.6) is 0 Å². The monoisotopic (exact) mass is 507 g/mol. The quantitative estimate of drug-likeness (QED) is 0.0586. The average Bonchev–Trinajstić information content (AvgIpc) is 3.13. The van der Waals surface area contributed by atoms with E-state index in [0.29, 0.717) is 0 Å². The summed E-state index contributed by atoms with van der Waals surface area (Å²) in [4.78, 5) is 56.4. The number of halogens is 1. The molecule has 1 fully saturated rings. The summed E-state index contributed by atoms with van der Waals surface area (Å²) in [5.41, 5.74) is -0.501. The zero-order valence-electron chi connectivity index (χ0n) is 17.2. The standard InChI is InChI=1S/C13H14ClN5O9S2.Na.H/c1-27-12(23)9-8(11(22)19(9)30(24,25)26)17-10(21)7(18-28-2)5-4-29-13(15-5)16-6(20)3-14;;/h4,8-9H,3H2,1-2H3,(H,17,21)(H,15,16,20)(H,24,25,26);;/q;+1;-1/b18-7-;;. The Labute approximate surface area is 207 Å². The van der Waals surface area contributed by atoms with Crippen molar-refractivity contribution in [2.75, 3.05) is 25.4 Å². The first-order valence-electron chi connectivity index (χ1n) is 7.67. The molecular formula is C13H15ClN5NaO9S2. The molecule has 0 spiro atoms. The van der Waals surface area contributed by atoms with E-state index in [2.05, 4.69) is 30.3 Å². The molecule has 31 heavy (non-hydrogen) atoms. The van der Waals surface area contributed by atoms with Crippen LogP contribution in [0.25, 0.3) is 0 Å². The Bertz CT molecular complexity index is 1020. The topological polar surface area (TPSA) is 194 Å². The number of methoxy groups -OCH3 is 1. The predicted molar refractivity (Wildman–Crippen MR) is 102 cm³/mol. The van der Waals surface area contributed by atoms with Crippen molar-refractivity contribution in [3.05, 3.63) is 11.1 Å². The van der Waals surface area contributed by atoms with Crippen molar-refractivity contribution in [1.29, 1.82) is 0 Å². The van der Waals surface area contributed by atoms with Crippen molar-refractivity contribution in [2.45, 2.75) is 12.1 Å². The van der Waals surface area contributed by atoms with E-state index in [0.717, 1.165) is 25.6 Å². The minimum absolute atomic E-state index is 0. The molecule has 3 N–H and O–H groups in total. The third-order valence-electron chi connectivity index (χ3n) is 3.54. The van der Waals surface area contributed by atoms with Crippen LogP contribution in [0, 0.1) is 0 Å². The van der Waals surface area contributed by atoms with E-state index in [-0.39, 0.29) is 52.0 Å². The number of ether oxygens (including phenoxy) is 1. The summed E-state index contributed by atoms with van der Waals surface area (Å²) in [5, 5.41) is 9.42. The maximum Gasteiger partial charge on any atom is 1.00 e. The van der Waals surface area contributed by atoms with Crippen molar-refractivity contribution in [2.24, 2.45) is 5.16 Å². The first-order chi connectivity index (χ1) is 14.0. The number of anilines is 1. The van der Waals surface area contributed by atoms with E-state index in [1.807, 2.05) is 0 Å². The molecule has 18 heteroatoms. The van der Waals surface area contributed by atoms with Gasteiger partial charge in [0.25, 0.3) is 11.8 Å². The molecule has 0 radical (unpaired) electrons. The van der Waals surface area contributed by atoms with Crippen LogP contribution in [0.15, 0.2) is 10.5 Å². The van der Waals surface area contributed by atoms with Crippen molar-refractivity contribution in [3.63, 3.8) is 0 Å². The third kappa shape index (κ3) is 6.12. The number of nitrogens with zero attached hydrogens (tertiary/aromatic N) is 3. The first-order valence-corrected chi connectivity index (χ1v) is 10.5. The number of carbonyl (C=O) groups is 4. The maximum atomic E-state index is 12.6. The zero-order valence-corrected chi connectivity index (χ0v) is 20.6. The number of amides is 3. The summed E-state index contributed by atoms with van der Waals surface area (Å²) >= 11 is 6.32. The van der Waals surface area contributed by atoms with Crippen molar-refractivity contribution < 1.29 is 72.7 Å². The number of carbonyl (C=O) groups excluding carboxylic acids is 4. The van der Waals surface area contributed by atoms with Gasteiger partial charge < -0.3 is 21.6 Å². The molecule has 0 aliphatic carbocycles. The Morgan fingerprint density at radius 3 is 2.58 bits per heavy atom. The molecular weight excluding hydrogens is 493 g/mol. The van der Waals surface area contributed by atoms with Crippen molar-refractivity contribution in [1.82, 2.24) is 14.6 Å². The molecule has 2 rings (SSSR count). The van der Waals surface area contributed by atoms with E-state index < -0.39 is 51.8 Å². The number of β-lactam (4-membered cyclic amide) rings is 1. The Morgan fingerprint density at radius 1 is 1.42 bits per heavy atom.